The van der Waals surface area contributed by atoms with Gasteiger partial charge in [-0.05, 0) is 106 Å². The molecule has 1 N–H and O–H groups in total. The maximum absolute atomic E-state index is 13.5. The molecule has 0 spiro atoms. The van der Waals surface area contributed by atoms with Gasteiger partial charge < -0.3 is 4.74 Å². The molecule has 0 amide bonds. The van der Waals surface area contributed by atoms with E-state index in [2.05, 4.69) is 22.6 Å². The van der Waals surface area contributed by atoms with E-state index in [1.807, 2.05) is 57.3 Å². The molecule has 1 aromatic carbocycles. The second kappa shape index (κ2) is 8.99. The Kier molecular flexibility index (Phi) is 7.86. The fourth-order valence-electron chi connectivity index (χ4n) is 2.77. The topological polar surface area (TPSA) is 97.7 Å². The minimum Gasteiger partial charge on any atom is -0.424 e. The molecule has 1 saturated carbocycles. The predicted octanol–water partition coefficient (Wildman–Crippen LogP) is 4.26. The normalized spacial score (nSPS) is 21.0. The van der Waals surface area contributed by atoms with Crippen LogP contribution in [0.2, 0.25) is 0 Å². The number of alkyl halides is 2. The van der Waals surface area contributed by atoms with E-state index in [-0.39, 0.29) is 25.7 Å². The molecular weight excluding hydrogens is 727 g/mol. The van der Waals surface area contributed by atoms with E-state index in [0.717, 1.165) is 10.7 Å². The Balaban J connectivity index is 2.02. The van der Waals surface area contributed by atoms with Crippen LogP contribution in [0.4, 0.5) is 8.78 Å². The molecule has 1 aliphatic rings. The molecule has 0 aromatic heterocycles. The van der Waals surface area contributed by atoms with E-state index in [4.69, 9.17) is 9.29 Å². The molecule has 0 unspecified atom stereocenters. The molecule has 27 heavy (non-hydrogen) atoms. The average molecular weight is 740 g/mol. The molecule has 6 nitrogen and oxygen atoms in total. The maximum Gasteiger partial charge on any atom is 0.426 e. The molecule has 0 saturated heterocycles. The Morgan fingerprint density at radius 2 is 1.48 bits per heavy atom. The molecule has 0 heterocycles. The molecule has 0 atom stereocenters. The second-order valence-corrected chi connectivity index (χ2v) is 11.1. The van der Waals surface area contributed by atoms with Gasteiger partial charge in [-0.1, -0.05) is 0 Å². The predicted molar refractivity (Wildman–Crippen MR) is 117 cm³/mol. The summed E-state index contributed by atoms with van der Waals surface area (Å²) in [7, 11) is -5.81. The Bertz CT molecular complexity index is 843. The van der Waals surface area contributed by atoms with E-state index in [1.165, 1.54) is 0 Å². The Morgan fingerprint density at radius 1 is 1.04 bits per heavy atom. The summed E-state index contributed by atoms with van der Waals surface area (Å²) in [5.41, 5.74) is 0. The highest BCUT2D eigenvalue weighted by Crippen LogP contribution is 2.37. The van der Waals surface area contributed by atoms with E-state index in [1.54, 1.807) is 0 Å². The minimum absolute atomic E-state index is 0.0788. The lowest BCUT2D eigenvalue weighted by Crippen LogP contribution is -2.43. The number of rotatable bonds is 5. The van der Waals surface area contributed by atoms with Crippen LogP contribution in [-0.2, 0) is 19.7 Å². The van der Waals surface area contributed by atoms with Gasteiger partial charge in [-0.25, -0.2) is 0 Å². The zero-order chi connectivity index (χ0) is 20.6. The first-order valence-electron chi connectivity index (χ1n) is 7.60. The summed E-state index contributed by atoms with van der Waals surface area (Å²) in [6, 6.07) is 3.69. The van der Waals surface area contributed by atoms with Gasteiger partial charge in [0.15, 0.2) is 5.75 Å². The number of ether oxygens (including phenoxy) is 1. The second-order valence-electron chi connectivity index (χ2n) is 6.02. The third-order valence-electron chi connectivity index (χ3n) is 4.21. The monoisotopic (exact) mass is 740 g/mol. The van der Waals surface area contributed by atoms with Gasteiger partial charge in [0.2, 0.25) is 5.78 Å². The highest BCUT2D eigenvalue weighted by atomic mass is 127. The van der Waals surface area contributed by atoms with Crippen molar-refractivity contribution in [2.75, 3.05) is 0 Å². The SMILES string of the molecule is O=C(Oc1c(I)cc(I)cc1I)C1CCC(C(=O)C(F)(F)S(=O)(=O)O)CC1. The number of carbonyl (C=O) groups excluding carboxylic acids is 2. The number of hydrogen-bond donors (Lipinski definition) is 1. The molecule has 12 heteroatoms. The number of esters is 1. The lowest BCUT2D eigenvalue weighted by atomic mass is 9.80. The van der Waals surface area contributed by atoms with Crippen molar-refractivity contribution in [3.8, 4) is 5.75 Å². The lowest BCUT2D eigenvalue weighted by Gasteiger charge is -2.28. The van der Waals surface area contributed by atoms with Gasteiger partial charge >= 0.3 is 21.3 Å². The van der Waals surface area contributed by atoms with Gasteiger partial charge in [0, 0.05) is 9.49 Å². The van der Waals surface area contributed by atoms with Crippen LogP contribution < -0.4 is 4.74 Å². The highest BCUT2D eigenvalue weighted by Gasteiger charge is 2.54. The van der Waals surface area contributed by atoms with Crippen LogP contribution in [0.15, 0.2) is 12.1 Å². The summed E-state index contributed by atoms with van der Waals surface area (Å²) in [4.78, 5) is 24.1. The molecule has 2 rings (SSSR count). The quantitative estimate of drug-likeness (QED) is 0.210. The van der Waals surface area contributed by atoms with E-state index in [9.17, 15) is 26.8 Å². The van der Waals surface area contributed by atoms with Gasteiger partial charge in [-0.3, -0.25) is 14.1 Å². The zero-order valence-electron chi connectivity index (χ0n) is 13.4. The summed E-state index contributed by atoms with van der Waals surface area (Å²) < 4.78 is 64.9. The Morgan fingerprint density at radius 3 is 1.93 bits per heavy atom. The fourth-order valence-corrected chi connectivity index (χ4v) is 6.99. The third kappa shape index (κ3) is 5.48. The summed E-state index contributed by atoms with van der Waals surface area (Å²) in [5.74, 6) is -3.72. The van der Waals surface area contributed by atoms with Crippen LogP contribution in [0.5, 0.6) is 5.75 Å². The first-order valence-corrected chi connectivity index (χ1v) is 12.3. The number of benzene rings is 1. The van der Waals surface area contributed by atoms with Gasteiger partial charge in [0.05, 0.1) is 13.1 Å². The van der Waals surface area contributed by atoms with Crippen molar-refractivity contribution < 1.29 is 36.1 Å². The molecule has 0 bridgehead atoms. The highest BCUT2D eigenvalue weighted by molar-refractivity contribution is 14.1. The van der Waals surface area contributed by atoms with E-state index >= 15 is 0 Å². The summed E-state index contributed by atoms with van der Waals surface area (Å²) in [6.07, 6.45) is 0.0812. The molecule has 150 valence electrons. The van der Waals surface area contributed by atoms with Crippen LogP contribution in [-0.4, -0.2) is 30.0 Å². The molecule has 1 fully saturated rings. The van der Waals surface area contributed by atoms with Crippen molar-refractivity contribution in [1.82, 2.24) is 0 Å². The summed E-state index contributed by atoms with van der Waals surface area (Å²) in [5, 5.41) is -4.83. The maximum atomic E-state index is 13.5. The summed E-state index contributed by atoms with van der Waals surface area (Å²) >= 11 is 6.24. The lowest BCUT2D eigenvalue weighted by molar-refractivity contribution is -0.144. The number of hydrogen-bond acceptors (Lipinski definition) is 5. The Hall–Kier alpha value is 0.320. The first kappa shape index (κ1) is 23.6. The van der Waals surface area contributed by atoms with Crippen LogP contribution in [0.25, 0.3) is 0 Å². The van der Waals surface area contributed by atoms with Crippen LogP contribution in [0.3, 0.4) is 0 Å². The van der Waals surface area contributed by atoms with Gasteiger partial charge in [-0.15, -0.1) is 0 Å². The largest absolute Gasteiger partial charge is 0.426 e. The van der Waals surface area contributed by atoms with Crippen LogP contribution in [0, 0.1) is 22.5 Å². The Labute approximate surface area is 195 Å². The van der Waals surface area contributed by atoms with Crippen LogP contribution in [0.1, 0.15) is 25.7 Å². The number of carbonyl (C=O) groups is 2. The van der Waals surface area contributed by atoms with Crippen molar-refractivity contribution in [1.29, 1.82) is 0 Å². The van der Waals surface area contributed by atoms with Crippen LogP contribution >= 0.6 is 67.8 Å². The molecule has 0 aliphatic heterocycles. The standard InChI is InChI=1S/C15H13F2I3O6S/c16-15(17,27(23,24)25)13(21)7-1-3-8(4-2-7)14(22)26-12-10(19)5-9(18)6-11(12)20/h5-8H,1-4H2,(H,23,24,25). The molecule has 1 aromatic rings. The number of halogens is 5. The average Bonchev–Trinajstić information content (AvgIpc) is 2.56. The van der Waals surface area contributed by atoms with E-state index in [0.29, 0.717) is 5.75 Å². The van der Waals surface area contributed by atoms with Gasteiger partial charge in [0.1, 0.15) is 0 Å². The van der Waals surface area contributed by atoms with Crippen molar-refractivity contribution in [3.05, 3.63) is 22.8 Å². The molecular formula is C15H13F2I3O6S. The molecule has 1 aliphatic carbocycles. The summed E-state index contributed by atoms with van der Waals surface area (Å²) in [6.45, 7) is 0. The van der Waals surface area contributed by atoms with Crippen molar-refractivity contribution in [2.45, 2.75) is 30.9 Å². The third-order valence-corrected chi connectivity index (χ3v) is 7.28. The van der Waals surface area contributed by atoms with E-state index < -0.39 is 39.0 Å². The van der Waals surface area contributed by atoms with Crippen molar-refractivity contribution >= 4 is 89.6 Å². The van der Waals surface area contributed by atoms with Gasteiger partial charge in [0.25, 0.3) is 0 Å². The number of ketones is 1. The minimum atomic E-state index is -5.81. The van der Waals surface area contributed by atoms with Crippen molar-refractivity contribution in [2.24, 2.45) is 11.8 Å². The van der Waals surface area contributed by atoms with Crippen molar-refractivity contribution in [3.63, 3.8) is 0 Å². The number of Topliss-reactive ketones (excluding diaryl/α,β-unsaturated/α-hetero) is 1. The van der Waals surface area contributed by atoms with Gasteiger partial charge in [-0.2, -0.15) is 17.2 Å². The zero-order valence-corrected chi connectivity index (χ0v) is 20.7. The first-order chi connectivity index (χ1) is 12.3. The molecule has 0 radical (unpaired) electrons. The fraction of sp³-hybridized carbons (Fsp3) is 0.467. The smallest absolute Gasteiger partial charge is 0.424 e.